The van der Waals surface area contributed by atoms with E-state index in [1.165, 1.54) is 0 Å². The fraction of sp³-hybridized carbons (Fsp3) is 0.263. The molecule has 0 bridgehead atoms. The largest absolute Gasteiger partial charge is 0.494 e. The molecule has 124 valence electrons. The van der Waals surface area contributed by atoms with E-state index in [0.29, 0.717) is 12.2 Å². The lowest BCUT2D eigenvalue weighted by Gasteiger charge is -2.06. The normalized spacial score (nSPS) is 10.7. The molecule has 0 aliphatic rings. The average molecular weight is 340 g/mol. The van der Waals surface area contributed by atoms with E-state index >= 15 is 0 Å². The highest BCUT2D eigenvalue weighted by Gasteiger charge is 2.08. The molecule has 0 spiro atoms. The SMILES string of the molecule is CCCCOc1ccc(C(=O)CNc2nc3ccccc3s2)cc1. The fourth-order valence-electron chi connectivity index (χ4n) is 2.28. The van der Waals surface area contributed by atoms with E-state index in [4.69, 9.17) is 4.74 Å². The number of unbranched alkanes of at least 4 members (excludes halogenated alkanes) is 1. The third-order valence-corrected chi connectivity index (χ3v) is 4.63. The van der Waals surface area contributed by atoms with Crippen LogP contribution in [0.2, 0.25) is 0 Å². The molecule has 1 heterocycles. The molecule has 4 nitrogen and oxygen atoms in total. The molecule has 0 aliphatic heterocycles. The molecule has 1 aromatic heterocycles. The molecular formula is C19H20N2O2S. The van der Waals surface area contributed by atoms with Crippen molar-refractivity contribution in [3.05, 3.63) is 54.1 Å². The van der Waals surface area contributed by atoms with Crippen LogP contribution in [0.5, 0.6) is 5.75 Å². The lowest BCUT2D eigenvalue weighted by atomic mass is 10.1. The summed E-state index contributed by atoms with van der Waals surface area (Å²) >= 11 is 1.55. The van der Waals surface area contributed by atoms with Gasteiger partial charge < -0.3 is 10.1 Å². The van der Waals surface area contributed by atoms with Crippen molar-refractivity contribution in [2.75, 3.05) is 18.5 Å². The number of para-hydroxylation sites is 1. The topological polar surface area (TPSA) is 51.2 Å². The first-order chi connectivity index (χ1) is 11.8. The zero-order chi connectivity index (χ0) is 16.8. The second kappa shape index (κ2) is 7.93. The first-order valence-electron chi connectivity index (χ1n) is 8.12. The van der Waals surface area contributed by atoms with Crippen LogP contribution in [0.4, 0.5) is 5.13 Å². The molecule has 5 heteroatoms. The highest BCUT2D eigenvalue weighted by molar-refractivity contribution is 7.22. The number of Topliss-reactive ketones (excluding diaryl/α,β-unsaturated/α-hetero) is 1. The van der Waals surface area contributed by atoms with E-state index in [-0.39, 0.29) is 12.3 Å². The van der Waals surface area contributed by atoms with Gasteiger partial charge in [-0.25, -0.2) is 4.98 Å². The molecule has 0 unspecified atom stereocenters. The fourth-order valence-corrected chi connectivity index (χ4v) is 3.14. The van der Waals surface area contributed by atoms with Crippen LogP contribution in [0, 0.1) is 0 Å². The lowest BCUT2D eigenvalue weighted by molar-refractivity contribution is 0.101. The number of nitrogens with zero attached hydrogens (tertiary/aromatic N) is 1. The van der Waals surface area contributed by atoms with Crippen molar-refractivity contribution in [1.29, 1.82) is 0 Å². The lowest BCUT2D eigenvalue weighted by Crippen LogP contribution is -2.13. The average Bonchev–Trinajstić information content (AvgIpc) is 3.03. The zero-order valence-electron chi connectivity index (χ0n) is 13.6. The Kier molecular flexibility index (Phi) is 5.43. The number of benzene rings is 2. The van der Waals surface area contributed by atoms with Crippen molar-refractivity contribution in [2.24, 2.45) is 0 Å². The summed E-state index contributed by atoms with van der Waals surface area (Å²) in [4.78, 5) is 16.7. The number of fused-ring (bicyclic) bond motifs is 1. The monoisotopic (exact) mass is 340 g/mol. The van der Waals surface area contributed by atoms with Crippen LogP contribution in [0.15, 0.2) is 48.5 Å². The minimum Gasteiger partial charge on any atom is -0.494 e. The summed E-state index contributed by atoms with van der Waals surface area (Å²) in [6.07, 6.45) is 2.14. The molecule has 0 atom stereocenters. The smallest absolute Gasteiger partial charge is 0.184 e. The van der Waals surface area contributed by atoms with E-state index in [9.17, 15) is 4.79 Å². The number of hydrogen-bond donors (Lipinski definition) is 1. The van der Waals surface area contributed by atoms with Crippen LogP contribution in [-0.4, -0.2) is 23.9 Å². The summed E-state index contributed by atoms with van der Waals surface area (Å²) < 4.78 is 6.72. The van der Waals surface area contributed by atoms with Gasteiger partial charge in [-0.1, -0.05) is 36.8 Å². The van der Waals surface area contributed by atoms with Crippen molar-refractivity contribution in [2.45, 2.75) is 19.8 Å². The minimum atomic E-state index is 0.0364. The molecule has 0 aliphatic carbocycles. The quantitative estimate of drug-likeness (QED) is 0.474. The molecular weight excluding hydrogens is 320 g/mol. The maximum absolute atomic E-state index is 12.3. The van der Waals surface area contributed by atoms with Gasteiger partial charge in [-0.2, -0.15) is 0 Å². The van der Waals surface area contributed by atoms with Gasteiger partial charge in [0.15, 0.2) is 10.9 Å². The van der Waals surface area contributed by atoms with E-state index < -0.39 is 0 Å². The van der Waals surface area contributed by atoms with Crippen molar-refractivity contribution >= 4 is 32.5 Å². The molecule has 0 saturated carbocycles. The van der Waals surface area contributed by atoms with Gasteiger partial charge in [-0.05, 0) is 42.8 Å². The van der Waals surface area contributed by atoms with E-state index in [1.807, 2.05) is 48.5 Å². The Labute approximate surface area is 145 Å². The van der Waals surface area contributed by atoms with Crippen LogP contribution in [0.3, 0.4) is 0 Å². The number of ketones is 1. The molecule has 1 N–H and O–H groups in total. The number of thiazole rings is 1. The Bertz CT molecular complexity index is 779. The number of rotatable bonds is 8. The molecule has 2 aromatic carbocycles. The van der Waals surface area contributed by atoms with Crippen LogP contribution in [0.1, 0.15) is 30.1 Å². The van der Waals surface area contributed by atoms with Gasteiger partial charge in [0.2, 0.25) is 0 Å². The molecule has 0 fully saturated rings. The second-order valence-electron chi connectivity index (χ2n) is 5.49. The Morgan fingerprint density at radius 1 is 1.17 bits per heavy atom. The first-order valence-corrected chi connectivity index (χ1v) is 8.93. The maximum atomic E-state index is 12.3. The predicted molar refractivity (Wildman–Crippen MR) is 99.3 cm³/mol. The number of carbonyl (C=O) groups is 1. The Morgan fingerprint density at radius 3 is 2.71 bits per heavy atom. The van der Waals surface area contributed by atoms with Crippen molar-refractivity contribution in [3.63, 3.8) is 0 Å². The third-order valence-electron chi connectivity index (χ3n) is 3.64. The van der Waals surface area contributed by atoms with Crippen LogP contribution < -0.4 is 10.1 Å². The Balaban J connectivity index is 1.56. The van der Waals surface area contributed by atoms with Crippen LogP contribution in [-0.2, 0) is 0 Å². The number of hydrogen-bond acceptors (Lipinski definition) is 5. The summed E-state index contributed by atoms with van der Waals surface area (Å²) in [7, 11) is 0. The standard InChI is InChI=1S/C19H20N2O2S/c1-2-3-12-23-15-10-8-14(9-11-15)17(22)13-20-19-21-16-6-4-5-7-18(16)24-19/h4-11H,2-3,12-13H2,1H3,(H,20,21). The number of aromatic nitrogens is 1. The summed E-state index contributed by atoms with van der Waals surface area (Å²) in [5.74, 6) is 0.841. The van der Waals surface area contributed by atoms with Gasteiger partial charge in [0, 0.05) is 5.56 Å². The number of carbonyl (C=O) groups excluding carboxylic acids is 1. The molecule has 0 amide bonds. The number of ether oxygens (including phenoxy) is 1. The van der Waals surface area contributed by atoms with Crippen molar-refractivity contribution < 1.29 is 9.53 Å². The third kappa shape index (κ3) is 4.11. The van der Waals surface area contributed by atoms with Gasteiger partial charge >= 0.3 is 0 Å². The molecule has 3 rings (SSSR count). The van der Waals surface area contributed by atoms with Gasteiger partial charge in [0.1, 0.15) is 5.75 Å². The summed E-state index contributed by atoms with van der Waals surface area (Å²) in [5, 5.41) is 3.88. The van der Waals surface area contributed by atoms with Gasteiger partial charge in [-0.3, -0.25) is 4.79 Å². The molecule has 0 saturated heterocycles. The minimum absolute atomic E-state index is 0.0364. The highest BCUT2D eigenvalue weighted by atomic mass is 32.1. The predicted octanol–water partition coefficient (Wildman–Crippen LogP) is 4.77. The molecule has 0 radical (unpaired) electrons. The van der Waals surface area contributed by atoms with E-state index in [2.05, 4.69) is 17.2 Å². The van der Waals surface area contributed by atoms with Gasteiger partial charge in [-0.15, -0.1) is 0 Å². The maximum Gasteiger partial charge on any atom is 0.184 e. The van der Waals surface area contributed by atoms with Gasteiger partial charge in [0.25, 0.3) is 0 Å². The van der Waals surface area contributed by atoms with Crippen LogP contribution >= 0.6 is 11.3 Å². The zero-order valence-corrected chi connectivity index (χ0v) is 14.4. The highest BCUT2D eigenvalue weighted by Crippen LogP contribution is 2.25. The number of anilines is 1. The molecule has 3 aromatic rings. The summed E-state index contributed by atoms with van der Waals surface area (Å²) in [5.41, 5.74) is 1.62. The Hall–Kier alpha value is -2.40. The van der Waals surface area contributed by atoms with E-state index in [0.717, 1.165) is 33.9 Å². The summed E-state index contributed by atoms with van der Waals surface area (Å²) in [6, 6.07) is 15.3. The van der Waals surface area contributed by atoms with Gasteiger partial charge in [0.05, 0.1) is 23.4 Å². The summed E-state index contributed by atoms with van der Waals surface area (Å²) in [6.45, 7) is 3.07. The first kappa shape index (κ1) is 16.5. The Morgan fingerprint density at radius 2 is 1.96 bits per heavy atom. The van der Waals surface area contributed by atoms with E-state index in [1.54, 1.807) is 11.3 Å². The van der Waals surface area contributed by atoms with Crippen molar-refractivity contribution in [1.82, 2.24) is 4.98 Å². The van der Waals surface area contributed by atoms with Crippen LogP contribution in [0.25, 0.3) is 10.2 Å². The molecule has 24 heavy (non-hydrogen) atoms. The number of nitrogens with one attached hydrogen (secondary N) is 1. The second-order valence-corrected chi connectivity index (χ2v) is 6.52. The van der Waals surface area contributed by atoms with Crippen molar-refractivity contribution in [3.8, 4) is 5.75 Å².